The monoisotopic (exact) mass is 217 g/mol. The first kappa shape index (κ1) is 12.6. The van der Waals surface area contributed by atoms with Gasteiger partial charge in [-0.3, -0.25) is 0 Å². The second kappa shape index (κ2) is 6.17. The second-order valence-corrected chi connectivity index (χ2v) is 4.42. The van der Waals surface area contributed by atoms with E-state index >= 15 is 0 Å². The van der Waals surface area contributed by atoms with Crippen LogP contribution in [0.15, 0.2) is 24.3 Å². The van der Waals surface area contributed by atoms with Crippen LogP contribution in [0.1, 0.15) is 25.8 Å². The van der Waals surface area contributed by atoms with Crippen molar-refractivity contribution < 1.29 is 4.74 Å². The lowest BCUT2D eigenvalue weighted by Gasteiger charge is -2.12. The molecule has 1 rings (SSSR count). The van der Waals surface area contributed by atoms with E-state index in [2.05, 4.69) is 25.1 Å². The van der Waals surface area contributed by atoms with Crippen LogP contribution in [0.5, 0.6) is 5.75 Å². The van der Waals surface area contributed by atoms with Crippen LogP contribution in [0.4, 0.5) is 0 Å². The molecule has 0 heterocycles. The Morgan fingerprint density at radius 2 is 1.88 bits per heavy atom. The zero-order chi connectivity index (χ0) is 12.0. The molecule has 0 bridgehead atoms. The molecule has 0 radical (unpaired) electrons. The third kappa shape index (κ3) is 3.94. The highest BCUT2D eigenvalue weighted by molar-refractivity contribution is 5.27. The summed E-state index contributed by atoms with van der Waals surface area (Å²) in [5.74, 6) is 1.58. The Hall–Kier alpha value is -1.49. The SMILES string of the molecule is COc1ccc(CC(C)CC(C)C#N)cc1. The minimum Gasteiger partial charge on any atom is -0.497 e. The molecule has 2 heteroatoms. The fraction of sp³-hybridized carbons (Fsp3) is 0.500. The summed E-state index contributed by atoms with van der Waals surface area (Å²) in [7, 11) is 1.67. The van der Waals surface area contributed by atoms with Gasteiger partial charge in [0.2, 0.25) is 0 Å². The highest BCUT2D eigenvalue weighted by Gasteiger charge is 2.08. The Morgan fingerprint density at radius 3 is 2.38 bits per heavy atom. The number of methoxy groups -OCH3 is 1. The molecule has 0 fully saturated rings. The van der Waals surface area contributed by atoms with E-state index in [1.54, 1.807) is 7.11 Å². The Bertz CT molecular complexity index is 350. The van der Waals surface area contributed by atoms with E-state index in [1.165, 1.54) is 5.56 Å². The van der Waals surface area contributed by atoms with Crippen molar-refractivity contribution >= 4 is 0 Å². The number of nitrogens with zero attached hydrogens (tertiary/aromatic N) is 1. The number of ether oxygens (including phenoxy) is 1. The molecule has 1 aromatic rings. The van der Waals surface area contributed by atoms with Gasteiger partial charge in [0.25, 0.3) is 0 Å². The molecule has 0 aromatic heterocycles. The van der Waals surface area contributed by atoms with Crippen molar-refractivity contribution in [3.8, 4) is 11.8 Å². The Balaban J connectivity index is 2.50. The van der Waals surface area contributed by atoms with Gasteiger partial charge < -0.3 is 4.74 Å². The summed E-state index contributed by atoms with van der Waals surface area (Å²) < 4.78 is 5.11. The molecule has 2 unspecified atom stereocenters. The Morgan fingerprint density at radius 1 is 1.25 bits per heavy atom. The van der Waals surface area contributed by atoms with Gasteiger partial charge >= 0.3 is 0 Å². The van der Waals surface area contributed by atoms with Crippen LogP contribution in [0.3, 0.4) is 0 Å². The molecule has 0 N–H and O–H groups in total. The summed E-state index contributed by atoms with van der Waals surface area (Å²) in [5.41, 5.74) is 1.30. The van der Waals surface area contributed by atoms with Gasteiger partial charge in [0.1, 0.15) is 5.75 Å². The summed E-state index contributed by atoms with van der Waals surface area (Å²) in [5, 5.41) is 8.75. The van der Waals surface area contributed by atoms with E-state index in [0.29, 0.717) is 5.92 Å². The molecule has 0 saturated carbocycles. The average molecular weight is 217 g/mol. The third-order valence-electron chi connectivity index (χ3n) is 2.72. The minimum atomic E-state index is 0.147. The summed E-state index contributed by atoms with van der Waals surface area (Å²) in [6.45, 7) is 4.17. The van der Waals surface area contributed by atoms with Crippen LogP contribution >= 0.6 is 0 Å². The van der Waals surface area contributed by atoms with Gasteiger partial charge in [-0.15, -0.1) is 0 Å². The van der Waals surface area contributed by atoms with Gasteiger partial charge in [-0.2, -0.15) is 5.26 Å². The molecule has 86 valence electrons. The van der Waals surface area contributed by atoms with E-state index in [-0.39, 0.29) is 5.92 Å². The molecule has 0 aliphatic rings. The molecule has 0 aliphatic heterocycles. The maximum Gasteiger partial charge on any atom is 0.118 e. The smallest absolute Gasteiger partial charge is 0.118 e. The number of hydrogen-bond donors (Lipinski definition) is 0. The molecule has 2 atom stereocenters. The topological polar surface area (TPSA) is 33.0 Å². The second-order valence-electron chi connectivity index (χ2n) is 4.42. The predicted molar refractivity (Wildman–Crippen MR) is 65.3 cm³/mol. The highest BCUT2D eigenvalue weighted by atomic mass is 16.5. The number of hydrogen-bond acceptors (Lipinski definition) is 2. The maximum absolute atomic E-state index is 8.75. The molecule has 0 aliphatic carbocycles. The summed E-state index contributed by atoms with van der Waals surface area (Å²) >= 11 is 0. The van der Waals surface area contributed by atoms with Gasteiger partial charge in [-0.25, -0.2) is 0 Å². The van der Waals surface area contributed by atoms with Crippen molar-refractivity contribution in [3.05, 3.63) is 29.8 Å². The molecule has 0 saturated heterocycles. The standard InChI is InChI=1S/C14H19NO/c1-11(8-12(2)10-15)9-13-4-6-14(16-3)7-5-13/h4-7,11-12H,8-9H2,1-3H3. The van der Waals surface area contributed by atoms with Gasteiger partial charge in [0, 0.05) is 5.92 Å². The van der Waals surface area contributed by atoms with E-state index in [0.717, 1.165) is 18.6 Å². The van der Waals surface area contributed by atoms with Gasteiger partial charge in [-0.1, -0.05) is 19.1 Å². The van der Waals surface area contributed by atoms with Crippen molar-refractivity contribution in [2.24, 2.45) is 11.8 Å². The van der Waals surface area contributed by atoms with Crippen LogP contribution < -0.4 is 4.74 Å². The molecular formula is C14H19NO. The van der Waals surface area contributed by atoms with Gasteiger partial charge in [0.05, 0.1) is 13.2 Å². The van der Waals surface area contributed by atoms with E-state index < -0.39 is 0 Å². The molecule has 0 amide bonds. The van der Waals surface area contributed by atoms with Crippen LogP contribution in [0.2, 0.25) is 0 Å². The van der Waals surface area contributed by atoms with Gasteiger partial charge in [0.15, 0.2) is 0 Å². The van der Waals surface area contributed by atoms with E-state index in [4.69, 9.17) is 10.00 Å². The molecule has 16 heavy (non-hydrogen) atoms. The van der Waals surface area contributed by atoms with Crippen molar-refractivity contribution in [2.45, 2.75) is 26.7 Å². The fourth-order valence-electron chi connectivity index (χ4n) is 1.90. The van der Waals surface area contributed by atoms with Crippen LogP contribution in [-0.2, 0) is 6.42 Å². The summed E-state index contributed by atoms with van der Waals surface area (Å²) in [4.78, 5) is 0. The quantitative estimate of drug-likeness (QED) is 0.757. The van der Waals surface area contributed by atoms with Gasteiger partial charge in [-0.05, 0) is 43.4 Å². The van der Waals surface area contributed by atoms with Crippen molar-refractivity contribution in [3.63, 3.8) is 0 Å². The van der Waals surface area contributed by atoms with Crippen LogP contribution in [0.25, 0.3) is 0 Å². The Kier molecular flexibility index (Phi) is 4.85. The first-order valence-corrected chi connectivity index (χ1v) is 5.68. The average Bonchev–Trinajstić information content (AvgIpc) is 2.29. The fourth-order valence-corrected chi connectivity index (χ4v) is 1.90. The predicted octanol–water partition coefficient (Wildman–Crippen LogP) is 3.42. The Labute approximate surface area is 97.9 Å². The van der Waals surface area contributed by atoms with E-state index in [1.807, 2.05) is 19.1 Å². The molecular weight excluding hydrogens is 198 g/mol. The highest BCUT2D eigenvalue weighted by Crippen LogP contribution is 2.18. The minimum absolute atomic E-state index is 0.147. The largest absolute Gasteiger partial charge is 0.497 e. The molecule has 2 nitrogen and oxygen atoms in total. The van der Waals surface area contributed by atoms with Crippen LogP contribution in [-0.4, -0.2) is 7.11 Å². The number of nitriles is 1. The maximum atomic E-state index is 8.75. The van der Waals surface area contributed by atoms with Crippen molar-refractivity contribution in [1.29, 1.82) is 5.26 Å². The molecule has 0 spiro atoms. The lowest BCUT2D eigenvalue weighted by Crippen LogP contribution is -2.04. The van der Waals surface area contributed by atoms with E-state index in [9.17, 15) is 0 Å². The van der Waals surface area contributed by atoms with Crippen molar-refractivity contribution in [2.75, 3.05) is 7.11 Å². The zero-order valence-corrected chi connectivity index (χ0v) is 10.2. The number of rotatable bonds is 5. The molecule has 1 aromatic carbocycles. The third-order valence-corrected chi connectivity index (χ3v) is 2.72. The summed E-state index contributed by atoms with van der Waals surface area (Å²) in [6.07, 6.45) is 1.98. The normalized spacial score (nSPS) is 13.9. The van der Waals surface area contributed by atoms with Crippen LogP contribution in [0, 0.1) is 23.2 Å². The first-order valence-electron chi connectivity index (χ1n) is 5.68. The lowest BCUT2D eigenvalue weighted by molar-refractivity contribution is 0.414. The lowest BCUT2D eigenvalue weighted by atomic mass is 9.92. The van der Waals surface area contributed by atoms with Crippen molar-refractivity contribution in [1.82, 2.24) is 0 Å². The summed E-state index contributed by atoms with van der Waals surface area (Å²) in [6, 6.07) is 10.4. The zero-order valence-electron chi connectivity index (χ0n) is 10.2. The first-order chi connectivity index (χ1) is 7.65. The number of benzene rings is 1.